The summed E-state index contributed by atoms with van der Waals surface area (Å²) < 4.78 is 1.92. The van der Waals surface area contributed by atoms with E-state index in [0.717, 1.165) is 24.2 Å². The maximum absolute atomic E-state index is 4.21. The maximum Gasteiger partial charge on any atom is 0.113 e. The zero-order valence-corrected chi connectivity index (χ0v) is 11.3. The third kappa shape index (κ3) is 2.88. The lowest BCUT2D eigenvalue weighted by molar-refractivity contribution is 0.553. The van der Waals surface area contributed by atoms with Crippen LogP contribution >= 0.6 is 0 Å². The monoisotopic (exact) mass is 244 g/mol. The molecule has 0 unspecified atom stereocenters. The first kappa shape index (κ1) is 12.6. The number of nitrogens with zero attached hydrogens (tertiary/aromatic N) is 4. The summed E-state index contributed by atoms with van der Waals surface area (Å²) in [5.41, 5.74) is 3.25. The van der Waals surface area contributed by atoms with E-state index in [4.69, 9.17) is 0 Å². The second-order valence-corrected chi connectivity index (χ2v) is 4.66. The Morgan fingerprint density at radius 1 is 1.17 bits per heavy atom. The van der Waals surface area contributed by atoms with Gasteiger partial charge in [-0.3, -0.25) is 4.68 Å². The Balaban J connectivity index is 2.13. The Morgan fingerprint density at radius 3 is 2.50 bits per heavy atom. The molecule has 0 aliphatic rings. The fraction of sp³-hybridized carbons (Fsp3) is 0.429. The van der Waals surface area contributed by atoms with E-state index in [-0.39, 0.29) is 0 Å². The third-order valence-corrected chi connectivity index (χ3v) is 2.96. The molecule has 4 heteroatoms. The van der Waals surface area contributed by atoms with Crippen LogP contribution in [0.15, 0.2) is 30.5 Å². The van der Waals surface area contributed by atoms with Gasteiger partial charge in [0.15, 0.2) is 0 Å². The summed E-state index contributed by atoms with van der Waals surface area (Å²) >= 11 is 0. The van der Waals surface area contributed by atoms with Gasteiger partial charge in [0.25, 0.3) is 0 Å². The SMILES string of the molecule is CCCCn1cc(-c2ccc(N(C)C)cc2)nn1. The summed E-state index contributed by atoms with van der Waals surface area (Å²) in [5.74, 6) is 0. The van der Waals surface area contributed by atoms with E-state index < -0.39 is 0 Å². The zero-order valence-electron chi connectivity index (χ0n) is 11.3. The van der Waals surface area contributed by atoms with Crippen molar-refractivity contribution >= 4 is 5.69 Å². The van der Waals surface area contributed by atoms with Crippen LogP contribution in [0.4, 0.5) is 5.69 Å². The summed E-state index contributed by atoms with van der Waals surface area (Å²) in [4.78, 5) is 2.09. The number of aromatic nitrogens is 3. The number of aryl methyl sites for hydroxylation is 1. The predicted octanol–water partition coefficient (Wildman–Crippen LogP) is 2.81. The smallest absolute Gasteiger partial charge is 0.113 e. The molecule has 0 saturated heterocycles. The van der Waals surface area contributed by atoms with Crippen LogP contribution in [0.3, 0.4) is 0 Å². The van der Waals surface area contributed by atoms with Gasteiger partial charge in [0.1, 0.15) is 5.69 Å². The van der Waals surface area contributed by atoms with Crippen LogP contribution in [0.25, 0.3) is 11.3 Å². The molecule has 1 heterocycles. The van der Waals surface area contributed by atoms with Gasteiger partial charge in [-0.05, 0) is 18.6 Å². The fourth-order valence-electron chi connectivity index (χ4n) is 1.79. The summed E-state index contributed by atoms with van der Waals surface area (Å²) in [6, 6.07) is 8.37. The third-order valence-electron chi connectivity index (χ3n) is 2.96. The molecule has 2 aromatic rings. The molecule has 0 spiro atoms. The lowest BCUT2D eigenvalue weighted by atomic mass is 10.1. The highest BCUT2D eigenvalue weighted by Crippen LogP contribution is 2.20. The fourth-order valence-corrected chi connectivity index (χ4v) is 1.79. The lowest BCUT2D eigenvalue weighted by Gasteiger charge is -2.11. The van der Waals surface area contributed by atoms with Crippen molar-refractivity contribution in [3.8, 4) is 11.3 Å². The standard InChI is InChI=1S/C14H20N4/c1-4-5-10-18-11-14(15-16-18)12-6-8-13(9-7-12)17(2)3/h6-9,11H,4-5,10H2,1-3H3. The van der Waals surface area contributed by atoms with Crippen molar-refractivity contribution in [2.75, 3.05) is 19.0 Å². The van der Waals surface area contributed by atoms with Crippen LogP contribution in [0.2, 0.25) is 0 Å². The van der Waals surface area contributed by atoms with Gasteiger partial charge in [-0.15, -0.1) is 5.10 Å². The van der Waals surface area contributed by atoms with Crippen molar-refractivity contribution in [3.63, 3.8) is 0 Å². The van der Waals surface area contributed by atoms with Gasteiger partial charge in [0.2, 0.25) is 0 Å². The quantitative estimate of drug-likeness (QED) is 0.811. The normalized spacial score (nSPS) is 10.6. The highest BCUT2D eigenvalue weighted by Gasteiger charge is 2.04. The zero-order chi connectivity index (χ0) is 13.0. The molecular formula is C14H20N4. The first-order chi connectivity index (χ1) is 8.70. The molecule has 0 saturated carbocycles. The maximum atomic E-state index is 4.21. The second-order valence-electron chi connectivity index (χ2n) is 4.66. The molecular weight excluding hydrogens is 224 g/mol. The number of anilines is 1. The number of hydrogen-bond donors (Lipinski definition) is 0. The van der Waals surface area contributed by atoms with Crippen LogP contribution in [-0.2, 0) is 6.54 Å². The summed E-state index contributed by atoms with van der Waals surface area (Å²) in [5, 5.41) is 8.36. The molecule has 0 aliphatic carbocycles. The number of rotatable bonds is 5. The minimum atomic E-state index is 0.941. The second kappa shape index (κ2) is 5.67. The number of hydrogen-bond acceptors (Lipinski definition) is 3. The Morgan fingerprint density at radius 2 is 1.89 bits per heavy atom. The molecule has 96 valence electrons. The highest BCUT2D eigenvalue weighted by molar-refractivity contribution is 5.61. The van der Waals surface area contributed by atoms with Gasteiger partial charge >= 0.3 is 0 Å². The molecule has 0 aliphatic heterocycles. The van der Waals surface area contributed by atoms with Crippen molar-refractivity contribution in [1.82, 2.24) is 15.0 Å². The molecule has 0 amide bonds. The molecule has 0 fully saturated rings. The minimum Gasteiger partial charge on any atom is -0.378 e. The van der Waals surface area contributed by atoms with E-state index in [0.29, 0.717) is 0 Å². The minimum absolute atomic E-state index is 0.941. The number of unbranched alkanes of at least 4 members (excludes halogenated alkanes) is 1. The first-order valence-electron chi connectivity index (χ1n) is 6.38. The molecule has 0 bridgehead atoms. The Kier molecular flexibility index (Phi) is 3.97. The summed E-state index contributed by atoms with van der Waals surface area (Å²) in [6.45, 7) is 3.12. The van der Waals surface area contributed by atoms with Gasteiger partial charge in [0.05, 0.1) is 6.20 Å². The van der Waals surface area contributed by atoms with Crippen LogP contribution in [0.1, 0.15) is 19.8 Å². The number of benzene rings is 1. The van der Waals surface area contributed by atoms with E-state index in [1.807, 2.05) is 25.0 Å². The summed E-state index contributed by atoms with van der Waals surface area (Å²) in [6.07, 6.45) is 4.33. The molecule has 2 rings (SSSR count). The van der Waals surface area contributed by atoms with E-state index >= 15 is 0 Å². The lowest BCUT2D eigenvalue weighted by Crippen LogP contribution is -2.07. The van der Waals surface area contributed by atoms with Gasteiger partial charge in [-0.2, -0.15) is 0 Å². The van der Waals surface area contributed by atoms with Gasteiger partial charge in [-0.1, -0.05) is 30.7 Å². The topological polar surface area (TPSA) is 34.0 Å². The van der Waals surface area contributed by atoms with E-state index in [9.17, 15) is 0 Å². The molecule has 0 atom stereocenters. The molecule has 18 heavy (non-hydrogen) atoms. The van der Waals surface area contributed by atoms with Gasteiger partial charge in [0, 0.05) is 31.9 Å². The summed E-state index contributed by atoms with van der Waals surface area (Å²) in [7, 11) is 4.08. The van der Waals surface area contributed by atoms with Crippen LogP contribution < -0.4 is 4.90 Å². The van der Waals surface area contributed by atoms with Crippen LogP contribution in [0.5, 0.6) is 0 Å². The van der Waals surface area contributed by atoms with E-state index in [1.54, 1.807) is 0 Å². The molecule has 1 aromatic carbocycles. The molecule has 0 N–H and O–H groups in total. The average molecular weight is 244 g/mol. The van der Waals surface area contributed by atoms with Crippen molar-refractivity contribution in [3.05, 3.63) is 30.5 Å². The largest absolute Gasteiger partial charge is 0.378 e. The highest BCUT2D eigenvalue weighted by atomic mass is 15.4. The van der Waals surface area contributed by atoms with Crippen LogP contribution in [-0.4, -0.2) is 29.1 Å². The Bertz CT molecular complexity index is 485. The van der Waals surface area contributed by atoms with Gasteiger partial charge < -0.3 is 4.90 Å². The molecule has 4 nitrogen and oxygen atoms in total. The Labute approximate surface area is 108 Å². The van der Waals surface area contributed by atoms with Crippen molar-refractivity contribution in [2.45, 2.75) is 26.3 Å². The van der Waals surface area contributed by atoms with E-state index in [2.05, 4.69) is 46.4 Å². The average Bonchev–Trinajstić information content (AvgIpc) is 2.85. The molecule has 0 radical (unpaired) electrons. The van der Waals surface area contributed by atoms with Crippen LogP contribution in [0, 0.1) is 0 Å². The van der Waals surface area contributed by atoms with Crippen molar-refractivity contribution in [2.24, 2.45) is 0 Å². The van der Waals surface area contributed by atoms with Crippen molar-refractivity contribution < 1.29 is 0 Å². The van der Waals surface area contributed by atoms with E-state index in [1.165, 1.54) is 12.1 Å². The first-order valence-corrected chi connectivity index (χ1v) is 6.38. The molecule has 1 aromatic heterocycles. The van der Waals surface area contributed by atoms with Gasteiger partial charge in [-0.25, -0.2) is 0 Å². The predicted molar refractivity (Wildman–Crippen MR) is 74.7 cm³/mol. The Hall–Kier alpha value is -1.84. The van der Waals surface area contributed by atoms with Crippen molar-refractivity contribution in [1.29, 1.82) is 0 Å².